The molecule has 0 saturated carbocycles. The largest absolute Gasteiger partial charge is 0.433 e. The first-order valence-corrected chi connectivity index (χ1v) is 8.57. The number of hydrogen-bond donors (Lipinski definition) is 3. The number of alkyl halides is 2. The fourth-order valence-corrected chi connectivity index (χ4v) is 2.43. The summed E-state index contributed by atoms with van der Waals surface area (Å²) < 4.78 is 29.7. The molecule has 0 aromatic heterocycles. The average molecular weight is 539 g/mol. The quantitative estimate of drug-likeness (QED) is 0.267. The van der Waals surface area contributed by atoms with Crippen LogP contribution in [-0.2, 0) is 11.3 Å². The van der Waals surface area contributed by atoms with E-state index in [4.69, 9.17) is 28.9 Å². The average Bonchev–Trinajstić information content (AvgIpc) is 2.52. The SMILES string of the molecule is CCNC(=NCc1cc(Cl)cc(Cl)c1OC(F)F)NCC(C)(C)C(N)=O.I. The molecule has 4 N–H and O–H groups in total. The number of carbonyl (C=O) groups is 1. The third-order valence-electron chi connectivity index (χ3n) is 3.41. The summed E-state index contributed by atoms with van der Waals surface area (Å²) in [5.74, 6) is -0.265. The summed E-state index contributed by atoms with van der Waals surface area (Å²) in [6, 6.07) is 2.76. The van der Waals surface area contributed by atoms with Crippen molar-refractivity contribution in [3.63, 3.8) is 0 Å². The molecular formula is C16H23Cl2F2IN4O2. The highest BCUT2D eigenvalue weighted by molar-refractivity contribution is 14.0. The number of rotatable bonds is 8. The summed E-state index contributed by atoms with van der Waals surface area (Å²) in [7, 11) is 0. The fourth-order valence-electron chi connectivity index (χ4n) is 1.85. The number of aliphatic imine (C=N–C) groups is 1. The summed E-state index contributed by atoms with van der Waals surface area (Å²) in [5, 5.41) is 6.21. The minimum absolute atomic E-state index is 0. The number of nitrogens with zero attached hydrogens (tertiary/aromatic N) is 1. The molecule has 0 heterocycles. The Bertz CT molecular complexity index is 676. The smallest absolute Gasteiger partial charge is 0.387 e. The lowest BCUT2D eigenvalue weighted by Gasteiger charge is -2.22. The fraction of sp³-hybridized carbons (Fsp3) is 0.500. The number of guanidine groups is 1. The molecule has 0 radical (unpaired) electrons. The van der Waals surface area contributed by atoms with Crippen LogP contribution in [-0.4, -0.2) is 31.6 Å². The highest BCUT2D eigenvalue weighted by Gasteiger charge is 2.25. The normalized spacial score (nSPS) is 11.8. The molecule has 0 atom stereocenters. The van der Waals surface area contributed by atoms with Crippen molar-refractivity contribution >= 4 is 59.0 Å². The molecule has 1 amide bonds. The summed E-state index contributed by atoms with van der Waals surface area (Å²) in [6.45, 7) is 2.99. The van der Waals surface area contributed by atoms with E-state index < -0.39 is 17.9 Å². The van der Waals surface area contributed by atoms with Crippen LogP contribution in [0.1, 0.15) is 26.3 Å². The van der Waals surface area contributed by atoms with E-state index in [1.807, 2.05) is 6.92 Å². The van der Waals surface area contributed by atoms with Gasteiger partial charge in [0, 0.05) is 23.7 Å². The van der Waals surface area contributed by atoms with Gasteiger partial charge in [0.15, 0.2) is 5.96 Å². The van der Waals surface area contributed by atoms with Crippen molar-refractivity contribution in [3.05, 3.63) is 27.7 Å². The Morgan fingerprint density at radius 1 is 1.33 bits per heavy atom. The van der Waals surface area contributed by atoms with E-state index in [2.05, 4.69) is 20.4 Å². The lowest BCUT2D eigenvalue weighted by atomic mass is 9.93. The Hall–Kier alpha value is -1.07. The van der Waals surface area contributed by atoms with Crippen LogP contribution in [0.25, 0.3) is 0 Å². The summed E-state index contributed by atoms with van der Waals surface area (Å²) in [6.07, 6.45) is 0. The summed E-state index contributed by atoms with van der Waals surface area (Å²) in [5.41, 5.74) is 4.85. The second-order valence-electron chi connectivity index (χ2n) is 6.05. The van der Waals surface area contributed by atoms with E-state index in [9.17, 15) is 13.6 Å². The monoisotopic (exact) mass is 538 g/mol. The van der Waals surface area contributed by atoms with Crippen LogP contribution < -0.4 is 21.1 Å². The first-order valence-electron chi connectivity index (χ1n) is 7.81. The molecule has 0 aliphatic heterocycles. The molecular weight excluding hydrogens is 516 g/mol. The van der Waals surface area contributed by atoms with Crippen molar-refractivity contribution in [1.82, 2.24) is 10.6 Å². The number of hydrogen-bond acceptors (Lipinski definition) is 3. The van der Waals surface area contributed by atoms with E-state index in [0.29, 0.717) is 18.1 Å². The number of nitrogens with one attached hydrogen (secondary N) is 2. The van der Waals surface area contributed by atoms with Gasteiger partial charge in [-0.05, 0) is 32.9 Å². The number of carbonyl (C=O) groups excluding carboxylic acids is 1. The van der Waals surface area contributed by atoms with E-state index in [-0.39, 0.29) is 52.9 Å². The lowest BCUT2D eigenvalue weighted by Crippen LogP contribution is -2.46. The zero-order valence-electron chi connectivity index (χ0n) is 15.1. The Labute approximate surface area is 184 Å². The third kappa shape index (κ3) is 8.65. The van der Waals surface area contributed by atoms with Crippen LogP contribution >= 0.6 is 47.2 Å². The molecule has 0 spiro atoms. The van der Waals surface area contributed by atoms with Crippen LogP contribution in [0, 0.1) is 5.41 Å². The van der Waals surface area contributed by atoms with E-state index >= 15 is 0 Å². The minimum atomic E-state index is -3.03. The van der Waals surface area contributed by atoms with Gasteiger partial charge >= 0.3 is 6.61 Å². The van der Waals surface area contributed by atoms with Gasteiger partial charge in [0.2, 0.25) is 5.91 Å². The van der Waals surface area contributed by atoms with Gasteiger partial charge in [-0.1, -0.05) is 23.2 Å². The van der Waals surface area contributed by atoms with Crippen LogP contribution in [0.5, 0.6) is 5.75 Å². The molecule has 27 heavy (non-hydrogen) atoms. The van der Waals surface area contributed by atoms with Crippen LogP contribution in [0.3, 0.4) is 0 Å². The van der Waals surface area contributed by atoms with Gasteiger partial charge < -0.3 is 21.1 Å². The Morgan fingerprint density at radius 3 is 2.48 bits per heavy atom. The number of primary amides is 1. The van der Waals surface area contributed by atoms with Gasteiger partial charge in [-0.15, -0.1) is 24.0 Å². The highest BCUT2D eigenvalue weighted by Crippen LogP contribution is 2.34. The van der Waals surface area contributed by atoms with Gasteiger partial charge in [-0.25, -0.2) is 4.99 Å². The zero-order chi connectivity index (χ0) is 19.9. The number of benzene rings is 1. The van der Waals surface area contributed by atoms with Crippen LogP contribution in [0.4, 0.5) is 8.78 Å². The zero-order valence-corrected chi connectivity index (χ0v) is 19.0. The van der Waals surface area contributed by atoms with Crippen molar-refractivity contribution in [2.24, 2.45) is 16.1 Å². The Morgan fingerprint density at radius 2 is 1.96 bits per heavy atom. The second-order valence-corrected chi connectivity index (χ2v) is 6.89. The predicted molar refractivity (Wildman–Crippen MR) is 114 cm³/mol. The molecule has 6 nitrogen and oxygen atoms in total. The summed E-state index contributed by atoms with van der Waals surface area (Å²) in [4.78, 5) is 15.7. The van der Waals surface area contributed by atoms with Crippen molar-refractivity contribution < 1.29 is 18.3 Å². The predicted octanol–water partition coefficient (Wildman–Crippen LogP) is 3.78. The van der Waals surface area contributed by atoms with Crippen LogP contribution in [0.2, 0.25) is 10.0 Å². The number of nitrogens with two attached hydrogens (primary N) is 1. The first-order chi connectivity index (χ1) is 12.1. The molecule has 0 aliphatic rings. The number of amides is 1. The number of ether oxygens (including phenoxy) is 1. The molecule has 0 saturated heterocycles. The number of halogens is 5. The van der Waals surface area contributed by atoms with Crippen molar-refractivity contribution in [1.29, 1.82) is 0 Å². The molecule has 0 fully saturated rings. The van der Waals surface area contributed by atoms with Crippen molar-refractivity contribution in [3.8, 4) is 5.75 Å². The Balaban J connectivity index is 0.00000676. The van der Waals surface area contributed by atoms with Crippen LogP contribution in [0.15, 0.2) is 17.1 Å². The van der Waals surface area contributed by atoms with Gasteiger partial charge in [0.1, 0.15) is 5.75 Å². The molecule has 1 aromatic carbocycles. The molecule has 0 aliphatic carbocycles. The van der Waals surface area contributed by atoms with Gasteiger partial charge in [-0.2, -0.15) is 8.78 Å². The van der Waals surface area contributed by atoms with E-state index in [1.165, 1.54) is 12.1 Å². The van der Waals surface area contributed by atoms with E-state index in [0.717, 1.165) is 0 Å². The van der Waals surface area contributed by atoms with E-state index in [1.54, 1.807) is 13.8 Å². The van der Waals surface area contributed by atoms with Crippen molar-refractivity contribution in [2.75, 3.05) is 13.1 Å². The van der Waals surface area contributed by atoms with Crippen molar-refractivity contribution in [2.45, 2.75) is 33.9 Å². The summed E-state index contributed by atoms with van der Waals surface area (Å²) >= 11 is 11.9. The molecule has 0 unspecified atom stereocenters. The van der Waals surface area contributed by atoms with Gasteiger partial charge in [0.05, 0.1) is 17.0 Å². The van der Waals surface area contributed by atoms with Gasteiger partial charge in [0.25, 0.3) is 0 Å². The van der Waals surface area contributed by atoms with Gasteiger partial charge in [-0.3, -0.25) is 4.79 Å². The molecule has 154 valence electrons. The molecule has 0 bridgehead atoms. The minimum Gasteiger partial charge on any atom is -0.433 e. The topological polar surface area (TPSA) is 88.7 Å². The second kappa shape index (κ2) is 11.7. The lowest BCUT2D eigenvalue weighted by molar-refractivity contribution is -0.125. The standard InChI is InChI=1S/C16H22Cl2F2N4O2.HI/c1-4-22-15(24-8-16(2,3)13(21)25)23-7-9-5-10(17)6-11(18)12(9)26-14(19)20;/h5-6,14H,4,7-8H2,1-3H3,(H2,21,25)(H2,22,23,24);1H. The maximum Gasteiger partial charge on any atom is 0.387 e. The maximum absolute atomic E-state index is 12.6. The molecule has 11 heteroatoms. The third-order valence-corrected chi connectivity index (χ3v) is 3.91. The molecule has 1 rings (SSSR count). The Kier molecular flexibility index (Phi) is 11.2. The first kappa shape index (κ1) is 25.9. The molecule has 1 aromatic rings. The maximum atomic E-state index is 12.6. The highest BCUT2D eigenvalue weighted by atomic mass is 127.